The van der Waals surface area contributed by atoms with E-state index in [-0.39, 0.29) is 11.9 Å². The third-order valence-corrected chi connectivity index (χ3v) is 3.43. The molecular weight excluding hydrogens is 288 g/mol. The van der Waals surface area contributed by atoms with Gasteiger partial charge in [0.05, 0.1) is 0 Å². The Morgan fingerprint density at radius 1 is 0.909 bits per heavy atom. The molecule has 0 saturated carbocycles. The summed E-state index contributed by atoms with van der Waals surface area (Å²) < 4.78 is 20.7. The molecule has 2 fully saturated rings. The molecule has 2 heterocycles. The van der Waals surface area contributed by atoms with Crippen molar-refractivity contribution in [2.45, 2.75) is 52.1 Å². The molecule has 2 rings (SSSR count). The minimum absolute atomic E-state index is 0.317. The molecule has 0 N–H and O–H groups in total. The van der Waals surface area contributed by atoms with Crippen LogP contribution in [0.5, 0.6) is 0 Å². The van der Waals surface area contributed by atoms with Crippen LogP contribution in [0.15, 0.2) is 23.3 Å². The summed E-state index contributed by atoms with van der Waals surface area (Å²) in [7, 11) is 0. The third kappa shape index (κ3) is 4.42. The van der Waals surface area contributed by atoms with Gasteiger partial charge in [0.1, 0.15) is 0 Å². The van der Waals surface area contributed by atoms with Gasteiger partial charge in [-0.1, -0.05) is 12.2 Å². The molecule has 0 radical (unpaired) electrons. The highest BCUT2D eigenvalue weighted by Gasteiger charge is 2.29. The van der Waals surface area contributed by atoms with Crippen LogP contribution in [0.25, 0.3) is 0 Å². The molecule has 0 amide bonds. The van der Waals surface area contributed by atoms with Crippen molar-refractivity contribution in [3.05, 3.63) is 23.3 Å². The number of carbonyl (C=O) groups excluding carboxylic acids is 2. The smallest absolute Gasteiger partial charge is 0.336 e. The van der Waals surface area contributed by atoms with Crippen molar-refractivity contribution >= 4 is 11.9 Å². The van der Waals surface area contributed by atoms with Gasteiger partial charge < -0.3 is 18.9 Å². The van der Waals surface area contributed by atoms with E-state index in [1.807, 2.05) is 26.0 Å². The summed E-state index contributed by atoms with van der Waals surface area (Å²) >= 11 is 0. The number of esters is 2. The Morgan fingerprint density at radius 2 is 1.32 bits per heavy atom. The van der Waals surface area contributed by atoms with Gasteiger partial charge in [-0.05, 0) is 26.7 Å². The first-order valence-electron chi connectivity index (χ1n) is 7.67. The van der Waals surface area contributed by atoms with Crippen LogP contribution in [-0.4, -0.2) is 37.7 Å². The van der Waals surface area contributed by atoms with Gasteiger partial charge in [0.25, 0.3) is 0 Å². The van der Waals surface area contributed by atoms with Gasteiger partial charge in [-0.3, -0.25) is 0 Å². The molecule has 2 aliphatic rings. The molecule has 6 nitrogen and oxygen atoms in total. The molecule has 2 atom stereocenters. The summed E-state index contributed by atoms with van der Waals surface area (Å²) in [4.78, 5) is 23.2. The predicted molar refractivity (Wildman–Crippen MR) is 77.6 cm³/mol. The first-order valence-corrected chi connectivity index (χ1v) is 7.67. The zero-order valence-corrected chi connectivity index (χ0v) is 13.0. The first kappa shape index (κ1) is 16.7. The average molecular weight is 310 g/mol. The molecule has 2 aliphatic heterocycles. The summed E-state index contributed by atoms with van der Waals surface area (Å²) in [6.07, 6.45) is 5.07. The number of rotatable bonds is 7. The van der Waals surface area contributed by atoms with E-state index in [2.05, 4.69) is 0 Å². The topological polar surface area (TPSA) is 71.1 Å². The number of carbonyl (C=O) groups is 2. The van der Waals surface area contributed by atoms with Gasteiger partial charge in [-0.25, -0.2) is 9.59 Å². The second kappa shape index (κ2) is 8.10. The van der Waals surface area contributed by atoms with Crippen LogP contribution in [0.4, 0.5) is 0 Å². The minimum Gasteiger partial charge on any atom is -0.432 e. The van der Waals surface area contributed by atoms with Crippen LogP contribution in [-0.2, 0) is 28.5 Å². The Morgan fingerprint density at radius 3 is 1.68 bits per heavy atom. The molecule has 122 valence electrons. The van der Waals surface area contributed by atoms with Gasteiger partial charge in [0.15, 0.2) is 0 Å². The summed E-state index contributed by atoms with van der Waals surface area (Å²) in [6, 6.07) is 0. The van der Waals surface area contributed by atoms with Crippen molar-refractivity contribution in [2.75, 3.05) is 13.2 Å². The van der Waals surface area contributed by atoms with Crippen LogP contribution in [0.1, 0.15) is 39.5 Å². The molecule has 0 bridgehead atoms. The van der Waals surface area contributed by atoms with Crippen molar-refractivity contribution in [3.63, 3.8) is 0 Å². The van der Waals surface area contributed by atoms with Crippen molar-refractivity contribution in [1.82, 2.24) is 0 Å². The highest BCUT2D eigenvalue weighted by molar-refractivity contribution is 5.91. The average Bonchev–Trinajstić information content (AvgIpc) is 2.99. The second-order valence-electron chi connectivity index (χ2n) is 5.02. The fourth-order valence-electron chi connectivity index (χ4n) is 2.41. The quantitative estimate of drug-likeness (QED) is 0.408. The molecule has 0 spiro atoms. The number of hydrogen-bond donors (Lipinski definition) is 0. The Balaban J connectivity index is 1.79. The van der Waals surface area contributed by atoms with Gasteiger partial charge in [0, 0.05) is 37.2 Å². The minimum atomic E-state index is -0.459. The lowest BCUT2D eigenvalue weighted by Gasteiger charge is -2.06. The van der Waals surface area contributed by atoms with Crippen molar-refractivity contribution < 1.29 is 28.5 Å². The molecule has 0 aromatic carbocycles. The fraction of sp³-hybridized carbons (Fsp3) is 0.625. The number of cyclic esters (lactones) is 2. The van der Waals surface area contributed by atoms with Crippen LogP contribution in [0, 0.1) is 0 Å². The fourth-order valence-corrected chi connectivity index (χ4v) is 2.41. The number of ether oxygens (including phenoxy) is 4. The Kier molecular flexibility index (Phi) is 6.15. The predicted octanol–water partition coefficient (Wildman–Crippen LogP) is 2.24. The zero-order chi connectivity index (χ0) is 15.9. The molecule has 2 unspecified atom stereocenters. The van der Waals surface area contributed by atoms with Crippen molar-refractivity contribution in [1.29, 1.82) is 0 Å². The zero-order valence-electron chi connectivity index (χ0n) is 13.0. The molecular formula is C16H22O6. The molecule has 6 heteroatoms. The Labute approximate surface area is 130 Å². The van der Waals surface area contributed by atoms with Crippen LogP contribution >= 0.6 is 0 Å². The van der Waals surface area contributed by atoms with E-state index in [1.165, 1.54) is 0 Å². The lowest BCUT2D eigenvalue weighted by atomic mass is 10.1. The number of allylic oxidation sites excluding steroid dienone is 2. The van der Waals surface area contributed by atoms with Crippen LogP contribution in [0.3, 0.4) is 0 Å². The van der Waals surface area contributed by atoms with E-state index in [0.29, 0.717) is 50.0 Å². The standard InChI is InChI=1S/C16H22O6/c1-3-19-13-9-11(15(17)21-13)7-5-6-8-12-10-14(20-4-2)22-16(12)18/h7-8,13-14H,3-6,9-10H2,1-2H3/b11-7-,12-8+. The van der Waals surface area contributed by atoms with E-state index < -0.39 is 12.6 Å². The third-order valence-electron chi connectivity index (χ3n) is 3.43. The summed E-state index contributed by atoms with van der Waals surface area (Å²) in [5.74, 6) is -0.634. The maximum Gasteiger partial charge on any atom is 0.336 e. The first-order chi connectivity index (χ1) is 10.6. The van der Waals surface area contributed by atoms with E-state index in [9.17, 15) is 9.59 Å². The van der Waals surface area contributed by atoms with Crippen LogP contribution < -0.4 is 0 Å². The molecule has 2 saturated heterocycles. The highest BCUT2D eigenvalue weighted by Crippen LogP contribution is 2.24. The van der Waals surface area contributed by atoms with Gasteiger partial charge >= 0.3 is 11.9 Å². The summed E-state index contributed by atoms with van der Waals surface area (Å²) in [5.41, 5.74) is 1.27. The second-order valence-corrected chi connectivity index (χ2v) is 5.02. The number of unbranched alkanes of at least 4 members (excludes halogenated alkanes) is 1. The molecule has 22 heavy (non-hydrogen) atoms. The molecule has 0 aromatic heterocycles. The van der Waals surface area contributed by atoms with E-state index in [0.717, 1.165) is 0 Å². The molecule has 0 aromatic rings. The Bertz CT molecular complexity index is 435. The largest absolute Gasteiger partial charge is 0.432 e. The summed E-state index contributed by atoms with van der Waals surface area (Å²) in [5, 5.41) is 0. The number of hydrogen-bond acceptors (Lipinski definition) is 6. The lowest BCUT2D eigenvalue weighted by molar-refractivity contribution is -0.161. The Hall–Kier alpha value is -1.66. The van der Waals surface area contributed by atoms with Crippen molar-refractivity contribution in [2.24, 2.45) is 0 Å². The SMILES string of the molecule is CCOC1C/C(=C/CC/C=C2\CC(OCC)OC2=O)C(=O)O1. The lowest BCUT2D eigenvalue weighted by Crippen LogP contribution is -2.10. The van der Waals surface area contributed by atoms with Gasteiger partial charge in [0.2, 0.25) is 12.6 Å². The van der Waals surface area contributed by atoms with E-state index in [4.69, 9.17) is 18.9 Å². The normalized spacial score (nSPS) is 28.5. The van der Waals surface area contributed by atoms with Gasteiger partial charge in [-0.15, -0.1) is 0 Å². The van der Waals surface area contributed by atoms with Gasteiger partial charge in [-0.2, -0.15) is 0 Å². The van der Waals surface area contributed by atoms with Crippen molar-refractivity contribution in [3.8, 4) is 0 Å². The van der Waals surface area contributed by atoms with E-state index in [1.54, 1.807) is 0 Å². The van der Waals surface area contributed by atoms with E-state index >= 15 is 0 Å². The molecule has 0 aliphatic carbocycles. The summed E-state index contributed by atoms with van der Waals surface area (Å²) in [6.45, 7) is 4.75. The monoisotopic (exact) mass is 310 g/mol. The maximum atomic E-state index is 11.6. The van der Waals surface area contributed by atoms with Crippen LogP contribution in [0.2, 0.25) is 0 Å². The maximum absolute atomic E-state index is 11.6. The highest BCUT2D eigenvalue weighted by atomic mass is 16.7.